The molecule has 0 atom stereocenters. The van der Waals surface area contributed by atoms with Gasteiger partial charge in [-0.3, -0.25) is 38.0 Å². The summed E-state index contributed by atoms with van der Waals surface area (Å²) in [6.45, 7) is 30.2. The molecule has 0 spiro atoms. The van der Waals surface area contributed by atoms with Crippen LogP contribution >= 0.6 is 0 Å². The van der Waals surface area contributed by atoms with Crippen LogP contribution < -0.4 is 22.5 Å². The van der Waals surface area contributed by atoms with Crippen molar-refractivity contribution in [2.75, 3.05) is 0 Å². The zero-order valence-corrected chi connectivity index (χ0v) is 51.6. The highest BCUT2D eigenvalue weighted by molar-refractivity contribution is 5.92. The summed E-state index contributed by atoms with van der Waals surface area (Å²) in [6, 6.07) is 33.6. The Kier molecular flexibility index (Phi) is 15.9. The van der Waals surface area contributed by atoms with Crippen molar-refractivity contribution < 1.29 is 15.1 Å². The van der Waals surface area contributed by atoms with Crippen LogP contribution in [0.1, 0.15) is 143 Å². The highest BCUT2D eigenvalue weighted by Gasteiger charge is 2.36. The van der Waals surface area contributed by atoms with Crippen LogP contribution in [-0.4, -0.2) is 48.4 Å². The van der Waals surface area contributed by atoms with E-state index in [1.807, 2.05) is 74.5 Å². The smallest absolute Gasteiger partial charge is 0.330 e. The molecule has 0 aliphatic carbocycles. The van der Waals surface area contributed by atoms with Crippen LogP contribution in [-0.2, 0) is 49.9 Å². The van der Waals surface area contributed by atoms with Crippen LogP contribution in [0.5, 0.6) is 11.5 Å². The first-order chi connectivity index (χ1) is 38.9. The molecule has 0 amide bonds. The van der Waals surface area contributed by atoms with E-state index in [0.717, 1.165) is 55.9 Å². The standard InChI is InChI=1S/C33H39N5O5.C33H39N5O3/c1-31(2,3)19-32(4,5)21-15-23(33(6,7)20-13-11-10-12-14-20)28(39)25(16-21)35-34-24-18-26-22(17-27(24)38(42)43)29(40)37(9)30(41)36(26)8;1-31(2,3)19-32(4,5)21-15-23(33(6,7)20-13-11-10-12-14-20)28(39)27(16-21)38-34-24-17-22-26(18-25(24)35-38)36(8)30(41)37(9)29(22)40/h10-18,39H,19H2,1-9H3;10-18,39H,19H2,1-9H3. The number of hydrogen-bond acceptors (Lipinski definition) is 12. The molecule has 440 valence electrons. The normalized spacial score (nSPS) is 12.8. The Morgan fingerprint density at radius 3 is 1.35 bits per heavy atom. The molecule has 3 aromatic heterocycles. The average molecular weight is 1140 g/mol. The van der Waals surface area contributed by atoms with Crippen LogP contribution in [0.3, 0.4) is 0 Å². The number of phenols is 2. The molecular weight excluding hydrogens is 1060 g/mol. The molecule has 0 bridgehead atoms. The summed E-state index contributed by atoms with van der Waals surface area (Å²) in [4.78, 5) is 63.5. The number of aryl methyl sites for hydroxylation is 2. The van der Waals surface area contributed by atoms with Crippen LogP contribution in [0, 0.1) is 20.9 Å². The van der Waals surface area contributed by atoms with Gasteiger partial charge in [-0.15, -0.1) is 25.2 Å². The Labute approximate surface area is 488 Å². The number of fused-ring (bicyclic) bond motifs is 3. The molecule has 18 heteroatoms. The van der Waals surface area contributed by atoms with Gasteiger partial charge < -0.3 is 10.2 Å². The first-order valence-electron chi connectivity index (χ1n) is 28.0. The maximum Gasteiger partial charge on any atom is 0.330 e. The van der Waals surface area contributed by atoms with E-state index in [-0.39, 0.29) is 61.0 Å². The second kappa shape index (κ2) is 21.8. The third-order valence-corrected chi connectivity index (χ3v) is 16.2. The number of hydrogen-bond donors (Lipinski definition) is 2. The Bertz CT molecular complexity index is 4360. The quantitative estimate of drug-likeness (QED) is 0.0668. The lowest BCUT2D eigenvalue weighted by Crippen LogP contribution is -2.36. The zero-order valence-electron chi connectivity index (χ0n) is 51.6. The molecule has 2 N–H and O–H groups in total. The van der Waals surface area contributed by atoms with Crippen molar-refractivity contribution in [3.05, 3.63) is 194 Å². The average Bonchev–Trinajstić information content (AvgIpc) is 1.47. The Morgan fingerprint density at radius 1 is 0.488 bits per heavy atom. The summed E-state index contributed by atoms with van der Waals surface area (Å²) in [5.41, 5.74) is 3.62. The predicted octanol–water partition coefficient (Wildman–Crippen LogP) is 13.0. The van der Waals surface area contributed by atoms with Crippen molar-refractivity contribution >= 4 is 49.9 Å². The number of aromatic nitrogens is 7. The van der Waals surface area contributed by atoms with Gasteiger partial charge in [0.25, 0.3) is 16.8 Å². The van der Waals surface area contributed by atoms with Gasteiger partial charge in [0.15, 0.2) is 5.69 Å². The van der Waals surface area contributed by atoms with E-state index < -0.39 is 38.4 Å². The van der Waals surface area contributed by atoms with Crippen LogP contribution in [0.4, 0.5) is 17.1 Å². The minimum atomic E-state index is -0.649. The Balaban J connectivity index is 0.000000219. The first-order valence-corrected chi connectivity index (χ1v) is 28.0. The van der Waals surface area contributed by atoms with E-state index in [2.05, 4.69) is 112 Å². The number of nitro groups is 1. The van der Waals surface area contributed by atoms with Crippen molar-refractivity contribution in [2.45, 2.75) is 131 Å². The summed E-state index contributed by atoms with van der Waals surface area (Å²) in [6.07, 6.45) is 1.76. The molecule has 0 radical (unpaired) electrons. The monoisotopic (exact) mass is 1140 g/mol. The topological polar surface area (TPSA) is 227 Å². The lowest BCUT2D eigenvalue weighted by atomic mass is 9.70. The molecule has 84 heavy (non-hydrogen) atoms. The van der Waals surface area contributed by atoms with Gasteiger partial charge in [-0.2, -0.15) is 0 Å². The fraction of sp³-hybridized carbons (Fsp3) is 0.394. The van der Waals surface area contributed by atoms with Gasteiger partial charge in [0.1, 0.15) is 33.9 Å². The van der Waals surface area contributed by atoms with Gasteiger partial charge in [-0.05, 0) is 87.1 Å². The van der Waals surface area contributed by atoms with Crippen LogP contribution in [0.15, 0.2) is 139 Å². The van der Waals surface area contributed by atoms with E-state index in [4.69, 9.17) is 10.2 Å². The Morgan fingerprint density at radius 2 is 0.893 bits per heavy atom. The third kappa shape index (κ3) is 11.8. The van der Waals surface area contributed by atoms with Crippen LogP contribution in [0.25, 0.3) is 38.5 Å². The fourth-order valence-corrected chi connectivity index (χ4v) is 12.1. The highest BCUT2D eigenvalue weighted by Crippen LogP contribution is 2.48. The molecule has 0 fully saturated rings. The molecule has 0 saturated carbocycles. The van der Waals surface area contributed by atoms with E-state index in [0.29, 0.717) is 33.2 Å². The fourth-order valence-electron chi connectivity index (χ4n) is 12.1. The van der Waals surface area contributed by atoms with Crippen molar-refractivity contribution in [1.82, 2.24) is 33.3 Å². The van der Waals surface area contributed by atoms with Gasteiger partial charge in [0.05, 0.1) is 26.7 Å². The van der Waals surface area contributed by atoms with E-state index in [9.17, 15) is 39.5 Å². The first kappa shape index (κ1) is 61.3. The molecule has 9 rings (SSSR count). The van der Waals surface area contributed by atoms with E-state index in [1.54, 1.807) is 25.2 Å². The summed E-state index contributed by atoms with van der Waals surface area (Å²) in [5, 5.41) is 53.9. The van der Waals surface area contributed by atoms with Crippen molar-refractivity contribution in [2.24, 2.45) is 49.2 Å². The zero-order chi connectivity index (χ0) is 62.1. The lowest BCUT2D eigenvalue weighted by molar-refractivity contribution is -0.384. The SMILES string of the molecule is Cn1c(=O)c2cc([N+](=O)[O-])c(N=Nc3cc(C(C)(C)CC(C)(C)C)cc(C(C)(C)c4ccccc4)c3O)cc2n(C)c1=O.Cn1c(=O)c2cc3nn(-c4cc(C(C)(C)CC(C)(C)C)cc(C(C)(C)c5ccccc5)c4O)nc3cc2n(C)c1=O. The molecular formula is C66H78N10O8. The number of aromatic hydroxyl groups is 2. The molecule has 6 aromatic carbocycles. The summed E-state index contributed by atoms with van der Waals surface area (Å²) in [7, 11) is 5.88. The van der Waals surface area contributed by atoms with E-state index >= 15 is 0 Å². The molecule has 9 aromatic rings. The molecule has 0 aliphatic rings. The van der Waals surface area contributed by atoms with Gasteiger partial charge in [0.2, 0.25) is 0 Å². The van der Waals surface area contributed by atoms with Gasteiger partial charge in [-0.25, -0.2) is 9.59 Å². The molecule has 0 saturated heterocycles. The van der Waals surface area contributed by atoms with Gasteiger partial charge >= 0.3 is 11.4 Å². The summed E-state index contributed by atoms with van der Waals surface area (Å²) in [5.74, 6) is 0.0139. The molecule has 0 aliphatic heterocycles. The maximum atomic E-state index is 12.9. The van der Waals surface area contributed by atoms with Gasteiger partial charge in [-0.1, -0.05) is 170 Å². The second-order valence-electron chi connectivity index (χ2n) is 27.1. The number of azo groups is 1. The van der Waals surface area contributed by atoms with Crippen molar-refractivity contribution in [1.29, 1.82) is 0 Å². The number of nitrogens with zero attached hydrogens (tertiary/aromatic N) is 10. The van der Waals surface area contributed by atoms with Crippen molar-refractivity contribution in [3.8, 4) is 17.2 Å². The number of rotatable bonds is 12. The summed E-state index contributed by atoms with van der Waals surface area (Å²) >= 11 is 0. The predicted molar refractivity (Wildman–Crippen MR) is 333 cm³/mol. The Hall–Kier alpha value is -8.80. The van der Waals surface area contributed by atoms with Crippen molar-refractivity contribution in [3.63, 3.8) is 0 Å². The molecule has 0 unspecified atom stereocenters. The third-order valence-electron chi connectivity index (χ3n) is 16.2. The highest BCUT2D eigenvalue weighted by atomic mass is 16.6. The van der Waals surface area contributed by atoms with Gasteiger partial charge in [0, 0.05) is 56.2 Å². The number of phenolic OH excluding ortho intramolecular Hbond substituents is 2. The maximum absolute atomic E-state index is 12.9. The minimum Gasteiger partial charge on any atom is -0.505 e. The molecule has 3 heterocycles. The summed E-state index contributed by atoms with van der Waals surface area (Å²) < 4.78 is 4.64. The number of nitro benzene ring substituents is 1. The largest absolute Gasteiger partial charge is 0.505 e. The number of benzene rings is 6. The lowest BCUT2D eigenvalue weighted by Gasteiger charge is -2.35. The van der Waals surface area contributed by atoms with Crippen LogP contribution in [0.2, 0.25) is 0 Å². The second-order valence-corrected chi connectivity index (χ2v) is 27.1. The molecule has 18 nitrogen and oxygen atoms in total. The van der Waals surface area contributed by atoms with E-state index in [1.165, 1.54) is 41.1 Å². The minimum absolute atomic E-state index is 0.0101.